The van der Waals surface area contributed by atoms with Crippen molar-refractivity contribution in [2.75, 3.05) is 13.7 Å². The summed E-state index contributed by atoms with van der Waals surface area (Å²) in [7, 11) is 1.64. The lowest BCUT2D eigenvalue weighted by atomic mass is 9.98. The van der Waals surface area contributed by atoms with Gasteiger partial charge < -0.3 is 15.8 Å². The van der Waals surface area contributed by atoms with Crippen molar-refractivity contribution in [1.82, 2.24) is 5.32 Å². The van der Waals surface area contributed by atoms with Gasteiger partial charge >= 0.3 is 0 Å². The first-order valence-corrected chi connectivity index (χ1v) is 6.36. The fourth-order valence-corrected chi connectivity index (χ4v) is 1.88. The predicted octanol–water partition coefficient (Wildman–Crippen LogP) is 1.09. The SMILES string of the molecule is COc1ccc(CC(CN)C(=O)NC2CC2)cc1. The van der Waals surface area contributed by atoms with Crippen LogP contribution < -0.4 is 15.8 Å². The van der Waals surface area contributed by atoms with Crippen LogP contribution in [0.15, 0.2) is 24.3 Å². The summed E-state index contributed by atoms with van der Waals surface area (Å²) in [6, 6.07) is 8.16. The molecule has 1 aromatic carbocycles. The zero-order valence-electron chi connectivity index (χ0n) is 10.7. The molecule has 1 aromatic rings. The minimum absolute atomic E-state index is 0.0795. The summed E-state index contributed by atoms with van der Waals surface area (Å²) < 4.78 is 5.10. The van der Waals surface area contributed by atoms with Crippen LogP contribution in [0.5, 0.6) is 5.75 Å². The number of benzene rings is 1. The number of ether oxygens (including phenoxy) is 1. The summed E-state index contributed by atoms with van der Waals surface area (Å²) in [5.41, 5.74) is 6.80. The Balaban J connectivity index is 1.93. The Morgan fingerprint density at radius 1 is 1.44 bits per heavy atom. The third-order valence-corrected chi connectivity index (χ3v) is 3.22. The van der Waals surface area contributed by atoms with Crippen LogP contribution in [0.3, 0.4) is 0 Å². The van der Waals surface area contributed by atoms with Crippen LogP contribution in [0, 0.1) is 5.92 Å². The molecule has 2 rings (SSSR count). The van der Waals surface area contributed by atoms with E-state index in [2.05, 4.69) is 5.32 Å². The van der Waals surface area contributed by atoms with Gasteiger partial charge in [0.15, 0.2) is 0 Å². The second kappa shape index (κ2) is 5.87. The van der Waals surface area contributed by atoms with Gasteiger partial charge in [-0.3, -0.25) is 4.79 Å². The number of methoxy groups -OCH3 is 1. The van der Waals surface area contributed by atoms with Crippen LogP contribution in [0.2, 0.25) is 0 Å². The van der Waals surface area contributed by atoms with Gasteiger partial charge in [0.2, 0.25) is 5.91 Å². The van der Waals surface area contributed by atoms with Gasteiger partial charge in [-0.05, 0) is 37.0 Å². The van der Waals surface area contributed by atoms with E-state index >= 15 is 0 Å². The lowest BCUT2D eigenvalue weighted by Crippen LogP contribution is -2.37. The molecule has 1 fully saturated rings. The summed E-state index contributed by atoms with van der Waals surface area (Å²) in [4.78, 5) is 11.9. The second-order valence-electron chi connectivity index (χ2n) is 4.77. The topological polar surface area (TPSA) is 64.3 Å². The van der Waals surface area contributed by atoms with Crippen molar-refractivity contribution < 1.29 is 9.53 Å². The van der Waals surface area contributed by atoms with Crippen molar-refractivity contribution in [3.05, 3.63) is 29.8 Å². The Bertz CT molecular complexity index is 399. The second-order valence-corrected chi connectivity index (χ2v) is 4.77. The standard InChI is InChI=1S/C14H20N2O2/c1-18-13-6-2-10(3-7-13)8-11(9-15)14(17)16-12-4-5-12/h2-3,6-7,11-12H,4-5,8-9,15H2,1H3,(H,16,17). The van der Waals surface area contributed by atoms with Crippen LogP contribution in [-0.4, -0.2) is 25.6 Å². The minimum Gasteiger partial charge on any atom is -0.497 e. The van der Waals surface area contributed by atoms with E-state index in [1.807, 2.05) is 24.3 Å². The fraction of sp³-hybridized carbons (Fsp3) is 0.500. The smallest absolute Gasteiger partial charge is 0.224 e. The molecule has 3 N–H and O–H groups in total. The maximum atomic E-state index is 11.9. The maximum Gasteiger partial charge on any atom is 0.224 e. The highest BCUT2D eigenvalue weighted by Crippen LogP contribution is 2.20. The molecule has 0 aliphatic heterocycles. The fourth-order valence-electron chi connectivity index (χ4n) is 1.88. The number of rotatable bonds is 6. The van der Waals surface area contributed by atoms with Gasteiger partial charge in [0, 0.05) is 12.6 Å². The Morgan fingerprint density at radius 3 is 2.61 bits per heavy atom. The minimum atomic E-state index is -0.140. The molecule has 1 atom stereocenters. The molecule has 1 amide bonds. The van der Waals surface area contributed by atoms with Crippen LogP contribution in [0.1, 0.15) is 18.4 Å². The van der Waals surface area contributed by atoms with E-state index in [0.29, 0.717) is 19.0 Å². The molecule has 4 nitrogen and oxygen atoms in total. The van der Waals surface area contributed by atoms with Crippen molar-refractivity contribution in [2.24, 2.45) is 11.7 Å². The van der Waals surface area contributed by atoms with E-state index in [4.69, 9.17) is 10.5 Å². The summed E-state index contributed by atoms with van der Waals surface area (Å²) in [5.74, 6) is 0.764. The number of amides is 1. The molecule has 0 spiro atoms. The van der Waals surface area contributed by atoms with Gasteiger partial charge in [0.1, 0.15) is 5.75 Å². The predicted molar refractivity (Wildman–Crippen MR) is 70.4 cm³/mol. The summed E-state index contributed by atoms with van der Waals surface area (Å²) in [5, 5.41) is 3.00. The van der Waals surface area contributed by atoms with Gasteiger partial charge in [-0.2, -0.15) is 0 Å². The van der Waals surface area contributed by atoms with E-state index in [0.717, 1.165) is 24.2 Å². The number of carbonyl (C=O) groups is 1. The molecule has 0 heterocycles. The Morgan fingerprint density at radius 2 is 2.11 bits per heavy atom. The average molecular weight is 248 g/mol. The quantitative estimate of drug-likeness (QED) is 0.792. The zero-order chi connectivity index (χ0) is 13.0. The molecule has 4 heteroatoms. The Hall–Kier alpha value is -1.55. The lowest BCUT2D eigenvalue weighted by Gasteiger charge is -2.14. The largest absolute Gasteiger partial charge is 0.497 e. The van der Waals surface area contributed by atoms with Crippen molar-refractivity contribution in [1.29, 1.82) is 0 Å². The molecule has 1 aliphatic rings. The molecular weight excluding hydrogens is 228 g/mol. The summed E-state index contributed by atoms with van der Waals surface area (Å²) in [6.07, 6.45) is 2.89. The average Bonchev–Trinajstić information content (AvgIpc) is 3.20. The van der Waals surface area contributed by atoms with Gasteiger partial charge in [0.05, 0.1) is 13.0 Å². The normalized spacial score (nSPS) is 16.1. The van der Waals surface area contributed by atoms with Crippen LogP contribution in [0.25, 0.3) is 0 Å². The molecule has 1 aliphatic carbocycles. The number of nitrogens with one attached hydrogen (secondary N) is 1. The zero-order valence-corrected chi connectivity index (χ0v) is 10.7. The summed E-state index contributed by atoms with van der Waals surface area (Å²) >= 11 is 0. The van der Waals surface area contributed by atoms with Gasteiger partial charge in [-0.15, -0.1) is 0 Å². The molecule has 1 saturated carbocycles. The van der Waals surface area contributed by atoms with E-state index in [-0.39, 0.29) is 11.8 Å². The number of nitrogens with two attached hydrogens (primary N) is 1. The van der Waals surface area contributed by atoms with Crippen molar-refractivity contribution in [3.8, 4) is 5.75 Å². The first-order chi connectivity index (χ1) is 8.72. The first kappa shape index (κ1) is 12.9. The van der Waals surface area contributed by atoms with Gasteiger partial charge in [-0.25, -0.2) is 0 Å². The van der Waals surface area contributed by atoms with Crippen molar-refractivity contribution >= 4 is 5.91 Å². The van der Waals surface area contributed by atoms with Crippen molar-refractivity contribution in [2.45, 2.75) is 25.3 Å². The molecule has 98 valence electrons. The number of hydrogen-bond acceptors (Lipinski definition) is 3. The van der Waals surface area contributed by atoms with Gasteiger partial charge in [-0.1, -0.05) is 12.1 Å². The van der Waals surface area contributed by atoms with Crippen LogP contribution in [-0.2, 0) is 11.2 Å². The monoisotopic (exact) mass is 248 g/mol. The maximum absolute atomic E-state index is 11.9. The number of hydrogen-bond donors (Lipinski definition) is 2. The molecule has 0 bridgehead atoms. The van der Waals surface area contributed by atoms with E-state index < -0.39 is 0 Å². The van der Waals surface area contributed by atoms with E-state index in [1.165, 1.54) is 0 Å². The Labute approximate surface area is 108 Å². The molecule has 1 unspecified atom stereocenters. The van der Waals surface area contributed by atoms with E-state index in [9.17, 15) is 4.79 Å². The third-order valence-electron chi connectivity index (χ3n) is 3.22. The highest BCUT2D eigenvalue weighted by Gasteiger charge is 2.26. The molecule has 18 heavy (non-hydrogen) atoms. The highest BCUT2D eigenvalue weighted by atomic mass is 16.5. The molecular formula is C14H20N2O2. The number of carbonyl (C=O) groups excluding carboxylic acids is 1. The Kier molecular flexibility index (Phi) is 4.20. The lowest BCUT2D eigenvalue weighted by molar-refractivity contribution is -0.124. The summed E-state index contributed by atoms with van der Waals surface area (Å²) in [6.45, 7) is 0.380. The highest BCUT2D eigenvalue weighted by molar-refractivity contribution is 5.79. The third kappa shape index (κ3) is 3.47. The molecule has 0 radical (unpaired) electrons. The molecule has 0 saturated heterocycles. The van der Waals surface area contributed by atoms with Crippen molar-refractivity contribution in [3.63, 3.8) is 0 Å². The van der Waals surface area contributed by atoms with E-state index in [1.54, 1.807) is 7.11 Å². The molecule has 0 aromatic heterocycles. The van der Waals surface area contributed by atoms with Crippen LogP contribution in [0.4, 0.5) is 0 Å². The van der Waals surface area contributed by atoms with Gasteiger partial charge in [0.25, 0.3) is 0 Å². The first-order valence-electron chi connectivity index (χ1n) is 6.36. The van der Waals surface area contributed by atoms with Crippen LogP contribution >= 0.6 is 0 Å².